The van der Waals surface area contributed by atoms with Gasteiger partial charge in [0.2, 0.25) is 5.95 Å². The number of benzene rings is 2. The van der Waals surface area contributed by atoms with Crippen molar-refractivity contribution in [3.63, 3.8) is 0 Å². The van der Waals surface area contributed by atoms with Gasteiger partial charge < -0.3 is 10.2 Å². The third-order valence-corrected chi connectivity index (χ3v) is 5.28. The van der Waals surface area contributed by atoms with Crippen molar-refractivity contribution in [3.05, 3.63) is 64.3 Å². The molecule has 4 rings (SSSR count). The first-order valence-corrected chi connectivity index (χ1v) is 9.01. The molecule has 1 aromatic heterocycles. The Bertz CT molecular complexity index is 927. The first-order valence-electron chi connectivity index (χ1n) is 8.22. The van der Waals surface area contributed by atoms with E-state index in [1.165, 1.54) is 16.8 Å². The molecular formula is C19H18BrN5. The van der Waals surface area contributed by atoms with Gasteiger partial charge in [-0.05, 0) is 49.6 Å². The van der Waals surface area contributed by atoms with Crippen molar-refractivity contribution >= 4 is 39.1 Å². The number of nitrogens with one attached hydrogen (secondary N) is 1. The number of hydrogen-bond donors (Lipinski definition) is 1. The summed E-state index contributed by atoms with van der Waals surface area (Å²) < 4.78 is 1.05. The molecule has 25 heavy (non-hydrogen) atoms. The number of anilines is 4. The van der Waals surface area contributed by atoms with Crippen LogP contribution in [0.4, 0.5) is 23.1 Å². The summed E-state index contributed by atoms with van der Waals surface area (Å²) in [5.74, 6) is 1.30. The number of aromatic nitrogens is 3. The predicted octanol–water partition coefficient (Wildman–Crippen LogP) is 4.77. The van der Waals surface area contributed by atoms with Crippen molar-refractivity contribution < 1.29 is 0 Å². The van der Waals surface area contributed by atoms with E-state index in [2.05, 4.69) is 79.4 Å². The zero-order chi connectivity index (χ0) is 17.4. The molecule has 1 atom stereocenters. The molecule has 0 bridgehead atoms. The van der Waals surface area contributed by atoms with Gasteiger partial charge in [-0.25, -0.2) is 0 Å². The number of hydrogen-bond acceptors (Lipinski definition) is 5. The van der Waals surface area contributed by atoms with Crippen LogP contribution in [0.25, 0.3) is 0 Å². The van der Waals surface area contributed by atoms with Crippen LogP contribution in [-0.4, -0.2) is 21.2 Å². The van der Waals surface area contributed by atoms with E-state index in [9.17, 15) is 0 Å². The lowest BCUT2D eigenvalue weighted by Crippen LogP contribution is -2.25. The average Bonchev–Trinajstić information content (AvgIpc) is 2.94. The Hall–Kier alpha value is -2.47. The maximum absolute atomic E-state index is 4.68. The van der Waals surface area contributed by atoms with Crippen LogP contribution in [0.2, 0.25) is 0 Å². The van der Waals surface area contributed by atoms with Crippen molar-refractivity contribution in [1.29, 1.82) is 0 Å². The summed E-state index contributed by atoms with van der Waals surface area (Å²) in [5.41, 5.74) is 4.64. The summed E-state index contributed by atoms with van der Waals surface area (Å²) >= 11 is 3.55. The van der Waals surface area contributed by atoms with Crippen LogP contribution in [0.3, 0.4) is 0 Å². The summed E-state index contributed by atoms with van der Waals surface area (Å²) in [5, 5.41) is 11.5. The molecule has 2 heterocycles. The molecule has 1 N–H and O–H groups in total. The van der Waals surface area contributed by atoms with Crippen molar-refractivity contribution in [1.82, 2.24) is 15.2 Å². The molecule has 0 saturated heterocycles. The standard InChI is InChI=1S/C19H18BrN5/c1-12-7-8-15(10-16(12)20)22-19-23-18(11-21-24-19)25-13(2)9-14-5-3-4-6-17(14)25/h3-8,10-11,13H,9H2,1-2H3,(H,22,23,24). The third kappa shape index (κ3) is 3.09. The summed E-state index contributed by atoms with van der Waals surface area (Å²) in [6, 6.07) is 14.8. The smallest absolute Gasteiger partial charge is 0.249 e. The van der Waals surface area contributed by atoms with Crippen LogP contribution in [0, 0.1) is 6.92 Å². The van der Waals surface area contributed by atoms with E-state index in [0.717, 1.165) is 22.4 Å². The highest BCUT2D eigenvalue weighted by Crippen LogP contribution is 2.37. The maximum atomic E-state index is 4.68. The van der Waals surface area contributed by atoms with E-state index >= 15 is 0 Å². The van der Waals surface area contributed by atoms with Crippen LogP contribution in [0.15, 0.2) is 53.1 Å². The minimum absolute atomic E-state index is 0.343. The largest absolute Gasteiger partial charge is 0.323 e. The first kappa shape index (κ1) is 16.0. The van der Waals surface area contributed by atoms with Gasteiger partial charge >= 0.3 is 0 Å². The predicted molar refractivity (Wildman–Crippen MR) is 104 cm³/mol. The summed E-state index contributed by atoms with van der Waals surface area (Å²) in [7, 11) is 0. The Balaban J connectivity index is 1.65. The van der Waals surface area contributed by atoms with E-state index < -0.39 is 0 Å². The highest BCUT2D eigenvalue weighted by molar-refractivity contribution is 9.10. The lowest BCUT2D eigenvalue weighted by molar-refractivity contribution is 0.745. The summed E-state index contributed by atoms with van der Waals surface area (Å²) in [6.07, 6.45) is 2.72. The molecule has 0 fully saturated rings. The molecular weight excluding hydrogens is 378 g/mol. The van der Waals surface area contributed by atoms with E-state index in [1.54, 1.807) is 6.20 Å². The van der Waals surface area contributed by atoms with Crippen molar-refractivity contribution in [2.24, 2.45) is 0 Å². The fraction of sp³-hybridized carbons (Fsp3) is 0.211. The number of rotatable bonds is 3. The van der Waals surface area contributed by atoms with Gasteiger partial charge in [0.15, 0.2) is 5.82 Å². The second kappa shape index (κ2) is 6.44. The Morgan fingerprint density at radius 3 is 2.88 bits per heavy atom. The van der Waals surface area contributed by atoms with Crippen LogP contribution in [0.5, 0.6) is 0 Å². The molecule has 1 unspecified atom stereocenters. The molecule has 0 spiro atoms. The normalized spacial score (nSPS) is 16.0. The van der Waals surface area contributed by atoms with Crippen molar-refractivity contribution in [2.75, 3.05) is 10.2 Å². The SMILES string of the molecule is Cc1ccc(Nc2nncc(N3c4ccccc4CC3C)n2)cc1Br. The van der Waals surface area contributed by atoms with Gasteiger partial charge in [0.1, 0.15) is 0 Å². The second-order valence-electron chi connectivity index (χ2n) is 6.28. The minimum Gasteiger partial charge on any atom is -0.323 e. The third-order valence-electron chi connectivity index (χ3n) is 4.43. The molecule has 6 heteroatoms. The Morgan fingerprint density at radius 2 is 2.04 bits per heavy atom. The molecule has 0 radical (unpaired) electrons. The van der Waals surface area contributed by atoms with Gasteiger partial charge in [-0.3, -0.25) is 0 Å². The topological polar surface area (TPSA) is 53.9 Å². The first-order chi connectivity index (χ1) is 12.1. The molecule has 0 aliphatic carbocycles. The molecule has 5 nitrogen and oxygen atoms in total. The van der Waals surface area contributed by atoms with Gasteiger partial charge in [-0.1, -0.05) is 40.2 Å². The molecule has 1 aliphatic heterocycles. The highest BCUT2D eigenvalue weighted by atomic mass is 79.9. The van der Waals surface area contributed by atoms with Crippen LogP contribution >= 0.6 is 15.9 Å². The Labute approximate surface area is 155 Å². The van der Waals surface area contributed by atoms with Crippen LogP contribution < -0.4 is 10.2 Å². The fourth-order valence-electron chi connectivity index (χ4n) is 3.18. The molecule has 0 amide bonds. The number of fused-ring (bicyclic) bond motifs is 1. The lowest BCUT2D eigenvalue weighted by atomic mass is 10.1. The molecule has 0 saturated carbocycles. The van der Waals surface area contributed by atoms with Gasteiger partial charge in [0.25, 0.3) is 0 Å². The Kier molecular flexibility index (Phi) is 4.13. The number of para-hydroxylation sites is 1. The van der Waals surface area contributed by atoms with Crippen LogP contribution in [0.1, 0.15) is 18.1 Å². The van der Waals surface area contributed by atoms with E-state index in [4.69, 9.17) is 0 Å². The van der Waals surface area contributed by atoms with Gasteiger partial charge in [0, 0.05) is 21.9 Å². The van der Waals surface area contributed by atoms with Crippen molar-refractivity contribution in [3.8, 4) is 0 Å². The van der Waals surface area contributed by atoms with Gasteiger partial charge in [-0.2, -0.15) is 10.1 Å². The molecule has 3 aromatic rings. The van der Waals surface area contributed by atoms with E-state index in [-0.39, 0.29) is 0 Å². The number of aryl methyl sites for hydroxylation is 1. The van der Waals surface area contributed by atoms with E-state index in [0.29, 0.717) is 12.0 Å². The Morgan fingerprint density at radius 1 is 1.20 bits per heavy atom. The number of nitrogens with zero attached hydrogens (tertiary/aromatic N) is 4. The average molecular weight is 396 g/mol. The lowest BCUT2D eigenvalue weighted by Gasteiger charge is -2.23. The zero-order valence-corrected chi connectivity index (χ0v) is 15.7. The van der Waals surface area contributed by atoms with Gasteiger partial charge in [-0.15, -0.1) is 5.10 Å². The molecule has 2 aromatic carbocycles. The van der Waals surface area contributed by atoms with E-state index in [1.807, 2.05) is 18.2 Å². The molecule has 126 valence electrons. The summed E-state index contributed by atoms with van der Waals surface area (Å²) in [6.45, 7) is 4.26. The summed E-state index contributed by atoms with van der Waals surface area (Å²) in [4.78, 5) is 6.90. The minimum atomic E-state index is 0.343. The number of halogens is 1. The second-order valence-corrected chi connectivity index (χ2v) is 7.13. The molecule has 1 aliphatic rings. The maximum Gasteiger partial charge on any atom is 0.249 e. The van der Waals surface area contributed by atoms with Gasteiger partial charge in [0.05, 0.1) is 6.20 Å². The highest BCUT2D eigenvalue weighted by Gasteiger charge is 2.28. The quantitative estimate of drug-likeness (QED) is 0.691. The van der Waals surface area contributed by atoms with Crippen LogP contribution in [-0.2, 0) is 6.42 Å². The zero-order valence-electron chi connectivity index (χ0n) is 14.1. The van der Waals surface area contributed by atoms with Crippen molar-refractivity contribution in [2.45, 2.75) is 26.3 Å². The fourth-order valence-corrected chi connectivity index (χ4v) is 3.56. The monoisotopic (exact) mass is 395 g/mol.